The van der Waals surface area contributed by atoms with Crippen molar-refractivity contribution >= 4 is 11.4 Å². The molecule has 6 heteroatoms. The molecule has 0 spiro atoms. The van der Waals surface area contributed by atoms with E-state index in [4.69, 9.17) is 10.5 Å². The first kappa shape index (κ1) is 14.0. The van der Waals surface area contributed by atoms with Crippen LogP contribution in [-0.2, 0) is 6.54 Å². The molecule has 0 saturated heterocycles. The van der Waals surface area contributed by atoms with Gasteiger partial charge in [-0.05, 0) is 17.7 Å². The molecule has 0 aliphatic heterocycles. The third-order valence-electron chi connectivity index (χ3n) is 2.79. The van der Waals surface area contributed by atoms with E-state index in [0.717, 1.165) is 18.2 Å². The topological polar surface area (TPSA) is 47.3 Å². The van der Waals surface area contributed by atoms with Gasteiger partial charge < -0.3 is 15.8 Å². The van der Waals surface area contributed by atoms with Gasteiger partial charge in [0.05, 0.1) is 18.5 Å². The van der Waals surface area contributed by atoms with E-state index < -0.39 is 17.5 Å². The number of ether oxygens (including phenoxy) is 1. The first-order valence-electron chi connectivity index (χ1n) is 5.82. The van der Waals surface area contributed by atoms with Crippen LogP contribution in [0.4, 0.5) is 24.5 Å². The molecule has 0 bridgehead atoms. The minimum atomic E-state index is -0.945. The Hall–Kier alpha value is -2.37. The van der Waals surface area contributed by atoms with Gasteiger partial charge in [0.2, 0.25) is 0 Å². The molecule has 2 aromatic carbocycles. The summed E-state index contributed by atoms with van der Waals surface area (Å²) in [5, 5.41) is 2.78. The molecule has 0 atom stereocenters. The normalized spacial score (nSPS) is 10.4. The van der Waals surface area contributed by atoms with E-state index in [2.05, 4.69) is 5.32 Å². The van der Waals surface area contributed by atoms with Crippen molar-refractivity contribution in [1.82, 2.24) is 0 Å². The van der Waals surface area contributed by atoms with Crippen molar-refractivity contribution in [1.29, 1.82) is 0 Å². The fraction of sp³-hybridized carbons (Fsp3) is 0.143. The maximum absolute atomic E-state index is 13.7. The summed E-state index contributed by atoms with van der Waals surface area (Å²) in [6, 6.07) is 6.02. The van der Waals surface area contributed by atoms with Crippen LogP contribution in [0.3, 0.4) is 0 Å². The Morgan fingerprint density at radius 1 is 1.05 bits per heavy atom. The molecular formula is C14H13F3N2O. The van der Waals surface area contributed by atoms with Crippen molar-refractivity contribution < 1.29 is 17.9 Å². The van der Waals surface area contributed by atoms with E-state index in [1.165, 1.54) is 19.2 Å². The van der Waals surface area contributed by atoms with Crippen LogP contribution in [0.25, 0.3) is 0 Å². The third-order valence-corrected chi connectivity index (χ3v) is 2.79. The number of methoxy groups -OCH3 is 1. The van der Waals surface area contributed by atoms with E-state index in [0.29, 0.717) is 11.3 Å². The number of nitrogens with two attached hydrogens (primary N) is 1. The highest BCUT2D eigenvalue weighted by atomic mass is 19.2. The van der Waals surface area contributed by atoms with Crippen LogP contribution in [-0.4, -0.2) is 7.11 Å². The second-order valence-electron chi connectivity index (χ2n) is 4.18. The number of nitrogens with one attached hydrogen (secondary N) is 1. The average molecular weight is 282 g/mol. The summed E-state index contributed by atoms with van der Waals surface area (Å²) >= 11 is 0. The van der Waals surface area contributed by atoms with Crippen LogP contribution in [0, 0.1) is 17.5 Å². The van der Waals surface area contributed by atoms with Gasteiger partial charge in [0, 0.05) is 18.7 Å². The van der Waals surface area contributed by atoms with Gasteiger partial charge in [-0.15, -0.1) is 0 Å². The lowest BCUT2D eigenvalue weighted by Gasteiger charge is -2.11. The molecule has 0 aliphatic carbocycles. The summed E-state index contributed by atoms with van der Waals surface area (Å²) < 4.78 is 44.5. The van der Waals surface area contributed by atoms with E-state index >= 15 is 0 Å². The second kappa shape index (κ2) is 5.73. The number of benzene rings is 2. The van der Waals surface area contributed by atoms with E-state index in [1.807, 2.05) is 0 Å². The lowest BCUT2D eigenvalue weighted by atomic mass is 10.2. The zero-order valence-electron chi connectivity index (χ0n) is 10.7. The van der Waals surface area contributed by atoms with Gasteiger partial charge in [0.25, 0.3) is 0 Å². The molecule has 20 heavy (non-hydrogen) atoms. The van der Waals surface area contributed by atoms with Crippen LogP contribution in [0.1, 0.15) is 5.56 Å². The monoisotopic (exact) mass is 282 g/mol. The van der Waals surface area contributed by atoms with Crippen molar-refractivity contribution in [2.45, 2.75) is 6.54 Å². The largest absolute Gasteiger partial charge is 0.495 e. The van der Waals surface area contributed by atoms with E-state index in [9.17, 15) is 13.2 Å². The molecule has 106 valence electrons. The van der Waals surface area contributed by atoms with Crippen LogP contribution in [0.2, 0.25) is 0 Å². The average Bonchev–Trinajstić information content (AvgIpc) is 2.41. The standard InChI is InChI=1S/C14H13F3N2O/c1-20-14-6-13(11(17)5-12(14)18)19-7-8-2-3-9(15)10(16)4-8/h2-6,19H,7,18H2,1H3. The number of hydrogen-bond donors (Lipinski definition) is 2. The number of rotatable bonds is 4. The maximum atomic E-state index is 13.7. The first-order chi connectivity index (χ1) is 9.51. The third kappa shape index (κ3) is 2.96. The summed E-state index contributed by atoms with van der Waals surface area (Å²) in [4.78, 5) is 0. The minimum Gasteiger partial charge on any atom is -0.495 e. The molecule has 0 saturated carbocycles. The van der Waals surface area contributed by atoms with E-state index in [1.54, 1.807) is 0 Å². The van der Waals surface area contributed by atoms with Gasteiger partial charge >= 0.3 is 0 Å². The Labute approximate surface area is 114 Å². The second-order valence-corrected chi connectivity index (χ2v) is 4.18. The highest BCUT2D eigenvalue weighted by Gasteiger charge is 2.09. The number of hydrogen-bond acceptors (Lipinski definition) is 3. The molecular weight excluding hydrogens is 269 g/mol. The summed E-state index contributed by atoms with van der Waals surface area (Å²) in [5.74, 6) is -2.08. The Balaban J connectivity index is 2.16. The Kier molecular flexibility index (Phi) is 4.02. The van der Waals surface area contributed by atoms with Crippen LogP contribution in [0.5, 0.6) is 5.75 Å². The number of halogens is 3. The summed E-state index contributed by atoms with van der Waals surface area (Å²) in [7, 11) is 1.42. The molecule has 3 N–H and O–H groups in total. The molecule has 0 aromatic heterocycles. The van der Waals surface area contributed by atoms with Crippen LogP contribution in [0.15, 0.2) is 30.3 Å². The molecule has 0 unspecified atom stereocenters. The fourth-order valence-electron chi connectivity index (χ4n) is 1.73. The summed E-state index contributed by atoms with van der Waals surface area (Å²) in [5.41, 5.74) is 6.40. The van der Waals surface area contributed by atoms with Gasteiger partial charge in [-0.3, -0.25) is 0 Å². The maximum Gasteiger partial charge on any atom is 0.159 e. The fourth-order valence-corrected chi connectivity index (χ4v) is 1.73. The molecule has 0 heterocycles. The molecule has 0 amide bonds. The predicted octanol–water partition coefficient (Wildman–Crippen LogP) is 3.31. The van der Waals surface area contributed by atoms with Crippen molar-refractivity contribution in [3.05, 3.63) is 53.3 Å². The quantitative estimate of drug-likeness (QED) is 0.846. The zero-order valence-corrected chi connectivity index (χ0v) is 10.7. The molecule has 2 rings (SSSR count). The van der Waals surface area contributed by atoms with Gasteiger partial charge in [-0.25, -0.2) is 13.2 Å². The predicted molar refractivity (Wildman–Crippen MR) is 71.0 cm³/mol. The Morgan fingerprint density at radius 2 is 1.80 bits per heavy atom. The van der Waals surface area contributed by atoms with Crippen molar-refractivity contribution in [2.75, 3.05) is 18.2 Å². The van der Waals surface area contributed by atoms with Crippen LogP contribution < -0.4 is 15.8 Å². The Morgan fingerprint density at radius 3 is 2.45 bits per heavy atom. The lowest BCUT2D eigenvalue weighted by Crippen LogP contribution is -2.04. The highest BCUT2D eigenvalue weighted by molar-refractivity contribution is 5.62. The zero-order chi connectivity index (χ0) is 14.7. The molecule has 0 aliphatic rings. The summed E-state index contributed by atoms with van der Waals surface area (Å²) in [6.07, 6.45) is 0. The number of nitrogen functional groups attached to an aromatic ring is 1. The number of anilines is 2. The highest BCUT2D eigenvalue weighted by Crippen LogP contribution is 2.28. The SMILES string of the molecule is COc1cc(NCc2ccc(F)c(F)c2)c(F)cc1N. The van der Waals surface area contributed by atoms with Gasteiger partial charge in [-0.1, -0.05) is 6.07 Å². The molecule has 2 aromatic rings. The molecule has 3 nitrogen and oxygen atoms in total. The Bertz CT molecular complexity index is 632. The van der Waals surface area contributed by atoms with Crippen molar-refractivity contribution in [2.24, 2.45) is 0 Å². The first-order valence-corrected chi connectivity index (χ1v) is 5.82. The van der Waals surface area contributed by atoms with Gasteiger partial charge in [-0.2, -0.15) is 0 Å². The summed E-state index contributed by atoms with van der Waals surface area (Å²) in [6.45, 7) is 0.140. The van der Waals surface area contributed by atoms with Crippen molar-refractivity contribution in [3.63, 3.8) is 0 Å². The minimum absolute atomic E-state index is 0.140. The van der Waals surface area contributed by atoms with Crippen molar-refractivity contribution in [3.8, 4) is 5.75 Å². The lowest BCUT2D eigenvalue weighted by molar-refractivity contribution is 0.416. The smallest absolute Gasteiger partial charge is 0.159 e. The van der Waals surface area contributed by atoms with E-state index in [-0.39, 0.29) is 17.9 Å². The van der Waals surface area contributed by atoms with Crippen LogP contribution >= 0.6 is 0 Å². The molecule has 0 fully saturated rings. The van der Waals surface area contributed by atoms with Gasteiger partial charge in [0.15, 0.2) is 11.6 Å². The molecule has 0 radical (unpaired) electrons. The van der Waals surface area contributed by atoms with Gasteiger partial charge in [0.1, 0.15) is 11.6 Å².